The summed E-state index contributed by atoms with van der Waals surface area (Å²) >= 11 is 0. The first-order valence-electron chi connectivity index (χ1n) is 7.19. The Bertz CT molecular complexity index is 768. The number of nitrogens with one attached hydrogen (secondary N) is 1. The molecule has 0 aromatic heterocycles. The Labute approximate surface area is 134 Å². The van der Waals surface area contributed by atoms with Gasteiger partial charge in [0.25, 0.3) is 0 Å². The average Bonchev–Trinajstić information content (AvgIpc) is 3.00. The van der Waals surface area contributed by atoms with Gasteiger partial charge in [0.1, 0.15) is 5.75 Å². The van der Waals surface area contributed by atoms with E-state index < -0.39 is 0 Å². The maximum Gasteiger partial charge on any atom is 0.248 e. The molecule has 0 atom stereocenters. The van der Waals surface area contributed by atoms with E-state index in [2.05, 4.69) is 5.32 Å². The molecule has 5 nitrogen and oxygen atoms in total. The largest absolute Gasteiger partial charge is 0.496 e. The van der Waals surface area contributed by atoms with Gasteiger partial charge < -0.3 is 19.5 Å². The van der Waals surface area contributed by atoms with E-state index in [1.807, 2.05) is 25.1 Å². The van der Waals surface area contributed by atoms with Gasteiger partial charge >= 0.3 is 0 Å². The second-order valence-electron chi connectivity index (χ2n) is 5.14. The highest BCUT2D eigenvalue weighted by atomic mass is 16.7. The summed E-state index contributed by atoms with van der Waals surface area (Å²) in [6.07, 6.45) is 3.20. The number of rotatable bonds is 4. The van der Waals surface area contributed by atoms with Crippen molar-refractivity contribution in [3.8, 4) is 17.2 Å². The van der Waals surface area contributed by atoms with Gasteiger partial charge in [0, 0.05) is 23.4 Å². The molecule has 2 aromatic rings. The van der Waals surface area contributed by atoms with Crippen molar-refractivity contribution < 1.29 is 19.0 Å². The molecule has 0 aliphatic carbocycles. The van der Waals surface area contributed by atoms with Crippen molar-refractivity contribution in [2.45, 2.75) is 6.92 Å². The molecule has 0 fully saturated rings. The molecule has 0 saturated heterocycles. The zero-order valence-electron chi connectivity index (χ0n) is 13.0. The van der Waals surface area contributed by atoms with Crippen LogP contribution < -0.4 is 19.5 Å². The maximum atomic E-state index is 12.1. The van der Waals surface area contributed by atoms with Crippen LogP contribution in [0.2, 0.25) is 0 Å². The van der Waals surface area contributed by atoms with Crippen molar-refractivity contribution in [1.29, 1.82) is 0 Å². The number of hydrogen-bond donors (Lipinski definition) is 1. The van der Waals surface area contributed by atoms with Gasteiger partial charge in [-0.05, 0) is 37.3 Å². The fourth-order valence-corrected chi connectivity index (χ4v) is 2.31. The summed E-state index contributed by atoms with van der Waals surface area (Å²) in [5.41, 5.74) is 2.61. The standard InChI is InChI=1S/C18H17NO4/c1-12-3-6-15(21-2)13(9-12)4-8-18(20)19-14-5-7-16-17(10-14)23-11-22-16/h3-10H,11H2,1-2H3,(H,19,20)/b8-4+. The number of carbonyl (C=O) groups excluding carboxylic acids is 1. The van der Waals surface area contributed by atoms with Crippen molar-refractivity contribution in [1.82, 2.24) is 0 Å². The van der Waals surface area contributed by atoms with Crippen molar-refractivity contribution in [2.75, 3.05) is 19.2 Å². The summed E-state index contributed by atoms with van der Waals surface area (Å²) in [4.78, 5) is 12.1. The number of fused-ring (bicyclic) bond motifs is 1. The third-order valence-corrected chi connectivity index (χ3v) is 3.44. The van der Waals surface area contributed by atoms with Gasteiger partial charge in [-0.15, -0.1) is 0 Å². The van der Waals surface area contributed by atoms with E-state index in [-0.39, 0.29) is 12.7 Å². The minimum atomic E-state index is -0.229. The summed E-state index contributed by atoms with van der Waals surface area (Å²) in [5.74, 6) is 1.81. The lowest BCUT2D eigenvalue weighted by Gasteiger charge is -2.06. The van der Waals surface area contributed by atoms with Crippen LogP contribution in [-0.2, 0) is 4.79 Å². The molecule has 0 spiro atoms. The molecular weight excluding hydrogens is 294 g/mol. The molecule has 3 rings (SSSR count). The van der Waals surface area contributed by atoms with Gasteiger partial charge in [-0.3, -0.25) is 4.79 Å². The Kier molecular flexibility index (Phi) is 4.19. The lowest BCUT2D eigenvalue weighted by atomic mass is 10.1. The van der Waals surface area contributed by atoms with E-state index in [0.717, 1.165) is 16.9 Å². The number of ether oxygens (including phenoxy) is 3. The van der Waals surface area contributed by atoms with E-state index in [9.17, 15) is 4.79 Å². The number of anilines is 1. The van der Waals surface area contributed by atoms with Crippen LogP contribution >= 0.6 is 0 Å². The second-order valence-corrected chi connectivity index (χ2v) is 5.14. The number of hydrogen-bond acceptors (Lipinski definition) is 4. The van der Waals surface area contributed by atoms with Crippen molar-refractivity contribution in [3.05, 3.63) is 53.6 Å². The van der Waals surface area contributed by atoms with Crippen LogP contribution in [0.4, 0.5) is 5.69 Å². The van der Waals surface area contributed by atoms with Crippen LogP contribution in [0.3, 0.4) is 0 Å². The zero-order valence-corrected chi connectivity index (χ0v) is 13.0. The Balaban J connectivity index is 1.71. The Morgan fingerprint density at radius 3 is 2.83 bits per heavy atom. The average molecular weight is 311 g/mol. The Morgan fingerprint density at radius 2 is 2.00 bits per heavy atom. The summed E-state index contributed by atoms with van der Waals surface area (Å²) < 4.78 is 15.8. The summed E-state index contributed by atoms with van der Waals surface area (Å²) in [6.45, 7) is 2.20. The van der Waals surface area contributed by atoms with Gasteiger partial charge in [0.2, 0.25) is 12.7 Å². The third kappa shape index (κ3) is 3.45. The molecule has 1 heterocycles. The Morgan fingerprint density at radius 1 is 1.17 bits per heavy atom. The number of amides is 1. The molecule has 1 aliphatic heterocycles. The topological polar surface area (TPSA) is 56.8 Å². The zero-order chi connectivity index (χ0) is 16.2. The van der Waals surface area contributed by atoms with Crippen LogP contribution in [0.5, 0.6) is 17.2 Å². The quantitative estimate of drug-likeness (QED) is 0.879. The van der Waals surface area contributed by atoms with E-state index in [1.165, 1.54) is 6.08 Å². The summed E-state index contributed by atoms with van der Waals surface area (Å²) in [6, 6.07) is 11.1. The van der Waals surface area contributed by atoms with Crippen LogP contribution in [-0.4, -0.2) is 19.8 Å². The number of carbonyl (C=O) groups is 1. The molecule has 1 amide bonds. The smallest absolute Gasteiger partial charge is 0.248 e. The van der Waals surface area contributed by atoms with Crippen LogP contribution in [0.1, 0.15) is 11.1 Å². The number of benzene rings is 2. The predicted molar refractivity (Wildman–Crippen MR) is 88.0 cm³/mol. The first-order valence-corrected chi connectivity index (χ1v) is 7.19. The van der Waals surface area contributed by atoms with Crippen molar-refractivity contribution in [3.63, 3.8) is 0 Å². The molecule has 23 heavy (non-hydrogen) atoms. The molecule has 1 N–H and O–H groups in total. The third-order valence-electron chi connectivity index (χ3n) is 3.44. The molecule has 118 valence electrons. The van der Waals surface area contributed by atoms with Crippen LogP contribution in [0.15, 0.2) is 42.5 Å². The minimum Gasteiger partial charge on any atom is -0.496 e. The van der Waals surface area contributed by atoms with Gasteiger partial charge in [0.15, 0.2) is 11.5 Å². The van der Waals surface area contributed by atoms with E-state index in [0.29, 0.717) is 17.2 Å². The first-order chi connectivity index (χ1) is 11.2. The van der Waals surface area contributed by atoms with E-state index >= 15 is 0 Å². The molecule has 0 unspecified atom stereocenters. The maximum absolute atomic E-state index is 12.1. The number of methoxy groups -OCH3 is 1. The first kappa shape index (κ1) is 15.0. The molecule has 0 bridgehead atoms. The van der Waals surface area contributed by atoms with Crippen LogP contribution in [0, 0.1) is 6.92 Å². The van der Waals surface area contributed by atoms with E-state index in [1.54, 1.807) is 31.4 Å². The van der Waals surface area contributed by atoms with E-state index in [4.69, 9.17) is 14.2 Å². The normalized spacial score (nSPS) is 12.4. The summed E-state index contributed by atoms with van der Waals surface area (Å²) in [7, 11) is 1.61. The molecule has 1 aliphatic rings. The molecule has 0 saturated carbocycles. The SMILES string of the molecule is COc1ccc(C)cc1/C=C/C(=O)Nc1ccc2c(c1)OCO2. The highest BCUT2D eigenvalue weighted by Gasteiger charge is 2.13. The lowest BCUT2D eigenvalue weighted by Crippen LogP contribution is -2.07. The summed E-state index contributed by atoms with van der Waals surface area (Å²) in [5, 5.41) is 2.79. The molecule has 0 radical (unpaired) electrons. The van der Waals surface area contributed by atoms with Crippen LogP contribution in [0.25, 0.3) is 6.08 Å². The van der Waals surface area contributed by atoms with Gasteiger partial charge in [-0.2, -0.15) is 0 Å². The molecule has 2 aromatic carbocycles. The predicted octanol–water partition coefficient (Wildman–Crippen LogP) is 3.38. The Hall–Kier alpha value is -2.95. The number of aryl methyl sites for hydroxylation is 1. The van der Waals surface area contributed by atoms with Gasteiger partial charge in [0.05, 0.1) is 7.11 Å². The highest BCUT2D eigenvalue weighted by molar-refractivity contribution is 6.02. The van der Waals surface area contributed by atoms with Crippen molar-refractivity contribution in [2.24, 2.45) is 0 Å². The van der Waals surface area contributed by atoms with Gasteiger partial charge in [-0.25, -0.2) is 0 Å². The fraction of sp³-hybridized carbons (Fsp3) is 0.167. The molecular formula is C18H17NO4. The lowest BCUT2D eigenvalue weighted by molar-refractivity contribution is -0.111. The monoisotopic (exact) mass is 311 g/mol. The van der Waals surface area contributed by atoms with Crippen molar-refractivity contribution >= 4 is 17.7 Å². The van der Waals surface area contributed by atoms with Gasteiger partial charge in [-0.1, -0.05) is 11.6 Å². The highest BCUT2D eigenvalue weighted by Crippen LogP contribution is 2.34. The fourth-order valence-electron chi connectivity index (χ4n) is 2.31. The minimum absolute atomic E-state index is 0.208. The second kappa shape index (κ2) is 6.44. The molecule has 5 heteroatoms.